The minimum absolute atomic E-state index is 0.113. The number of thiocarbonyl (C=S) groups is 1. The first-order valence-electron chi connectivity index (χ1n) is 6.96. The largest absolute Gasteiger partial charge is 0.356 e. The summed E-state index contributed by atoms with van der Waals surface area (Å²) in [5.41, 5.74) is 4.56. The van der Waals surface area contributed by atoms with Gasteiger partial charge < -0.3 is 10.6 Å². The van der Waals surface area contributed by atoms with Crippen molar-refractivity contribution in [3.8, 4) is 0 Å². The Labute approximate surface area is 146 Å². The quantitative estimate of drug-likeness (QED) is 0.697. The van der Waals surface area contributed by atoms with E-state index in [1.165, 1.54) is 16.7 Å². The van der Waals surface area contributed by atoms with Crippen molar-refractivity contribution < 1.29 is 0 Å². The zero-order valence-corrected chi connectivity index (χ0v) is 15.0. The molecule has 2 aromatic carbocycles. The van der Waals surface area contributed by atoms with E-state index in [1.54, 1.807) is 12.1 Å². The van der Waals surface area contributed by atoms with Crippen LogP contribution in [0.15, 0.2) is 36.4 Å². The summed E-state index contributed by atoms with van der Waals surface area (Å²) >= 11 is 17.2. The molecule has 0 fully saturated rings. The van der Waals surface area contributed by atoms with Crippen molar-refractivity contribution in [2.75, 3.05) is 5.32 Å². The fourth-order valence-electron chi connectivity index (χ4n) is 2.05. The predicted molar refractivity (Wildman–Crippen MR) is 100 cm³/mol. The average Bonchev–Trinajstić information content (AvgIpc) is 2.45. The number of aryl methyl sites for hydroxylation is 2. The highest BCUT2D eigenvalue weighted by Gasteiger charge is 2.08. The lowest BCUT2D eigenvalue weighted by molar-refractivity contribution is 0.721. The molecule has 2 rings (SSSR count). The summed E-state index contributed by atoms with van der Waals surface area (Å²) in [4.78, 5) is 0. The Bertz CT molecular complexity index is 701. The Morgan fingerprint density at radius 3 is 2.36 bits per heavy atom. The minimum Gasteiger partial charge on any atom is -0.356 e. The number of nitrogens with one attached hydrogen (secondary N) is 2. The Balaban J connectivity index is 2.01. The van der Waals surface area contributed by atoms with E-state index in [0.29, 0.717) is 15.2 Å². The molecule has 22 heavy (non-hydrogen) atoms. The van der Waals surface area contributed by atoms with Crippen molar-refractivity contribution in [1.29, 1.82) is 0 Å². The van der Waals surface area contributed by atoms with Gasteiger partial charge in [-0.15, -0.1) is 0 Å². The van der Waals surface area contributed by atoms with Gasteiger partial charge in [-0.3, -0.25) is 0 Å². The summed E-state index contributed by atoms with van der Waals surface area (Å²) in [6.45, 7) is 6.29. The fourth-order valence-corrected chi connectivity index (χ4v) is 2.65. The van der Waals surface area contributed by atoms with Gasteiger partial charge in [0.15, 0.2) is 5.11 Å². The first kappa shape index (κ1) is 17.1. The van der Waals surface area contributed by atoms with Crippen LogP contribution in [0.2, 0.25) is 10.0 Å². The molecule has 1 unspecified atom stereocenters. The molecule has 0 aliphatic heterocycles. The Morgan fingerprint density at radius 2 is 1.73 bits per heavy atom. The molecule has 116 valence electrons. The lowest BCUT2D eigenvalue weighted by Crippen LogP contribution is -2.30. The standard InChI is InChI=1S/C17H18Cl2N2S/c1-10-4-5-13(8-11(10)2)12(3)20-17(22)21-14-6-7-15(18)16(19)9-14/h4-9,12H,1-3H3,(H2,20,21,22). The van der Waals surface area contributed by atoms with Crippen LogP contribution in [0.4, 0.5) is 5.69 Å². The molecule has 0 aliphatic carbocycles. The van der Waals surface area contributed by atoms with Crippen molar-refractivity contribution >= 4 is 46.2 Å². The minimum atomic E-state index is 0.113. The molecule has 0 saturated carbocycles. The Kier molecular flexibility index (Phi) is 5.68. The normalized spacial score (nSPS) is 11.9. The molecule has 2 nitrogen and oxygen atoms in total. The second kappa shape index (κ2) is 7.32. The van der Waals surface area contributed by atoms with E-state index in [4.69, 9.17) is 35.4 Å². The third-order valence-electron chi connectivity index (χ3n) is 3.56. The fraction of sp³-hybridized carbons (Fsp3) is 0.235. The summed E-state index contributed by atoms with van der Waals surface area (Å²) in [5.74, 6) is 0. The Hall–Kier alpha value is -1.29. The number of benzene rings is 2. The molecule has 0 bridgehead atoms. The van der Waals surface area contributed by atoms with Crippen LogP contribution in [0.3, 0.4) is 0 Å². The van der Waals surface area contributed by atoms with Gasteiger partial charge in [-0.1, -0.05) is 41.4 Å². The molecular formula is C17H18Cl2N2S. The highest BCUT2D eigenvalue weighted by atomic mass is 35.5. The number of halogens is 2. The van der Waals surface area contributed by atoms with Crippen LogP contribution in [-0.2, 0) is 0 Å². The summed E-state index contributed by atoms with van der Waals surface area (Å²) in [6.07, 6.45) is 0. The third kappa shape index (κ3) is 4.35. The van der Waals surface area contributed by atoms with Gasteiger partial charge in [0.05, 0.1) is 16.1 Å². The van der Waals surface area contributed by atoms with Gasteiger partial charge in [-0.05, 0) is 67.9 Å². The molecule has 5 heteroatoms. The van der Waals surface area contributed by atoms with Crippen LogP contribution in [0.5, 0.6) is 0 Å². The maximum atomic E-state index is 6.00. The van der Waals surface area contributed by atoms with E-state index in [0.717, 1.165) is 5.69 Å². The van der Waals surface area contributed by atoms with Gasteiger partial charge in [0.1, 0.15) is 0 Å². The van der Waals surface area contributed by atoms with E-state index in [2.05, 4.69) is 49.6 Å². The topological polar surface area (TPSA) is 24.1 Å². The second-order valence-corrected chi connectivity index (χ2v) is 6.52. The van der Waals surface area contributed by atoms with E-state index in [1.807, 2.05) is 6.07 Å². The summed E-state index contributed by atoms with van der Waals surface area (Å²) < 4.78 is 0. The summed E-state index contributed by atoms with van der Waals surface area (Å²) in [7, 11) is 0. The average molecular weight is 353 g/mol. The number of rotatable bonds is 3. The summed E-state index contributed by atoms with van der Waals surface area (Å²) in [5, 5.41) is 7.95. The first-order chi connectivity index (χ1) is 10.4. The highest BCUT2D eigenvalue weighted by molar-refractivity contribution is 7.80. The van der Waals surface area contributed by atoms with Gasteiger partial charge in [0.2, 0.25) is 0 Å². The smallest absolute Gasteiger partial charge is 0.171 e. The monoisotopic (exact) mass is 352 g/mol. The van der Waals surface area contributed by atoms with Gasteiger partial charge in [-0.25, -0.2) is 0 Å². The zero-order valence-electron chi connectivity index (χ0n) is 12.7. The van der Waals surface area contributed by atoms with Crippen molar-refractivity contribution in [1.82, 2.24) is 5.32 Å². The molecule has 1 atom stereocenters. The van der Waals surface area contributed by atoms with E-state index in [9.17, 15) is 0 Å². The molecule has 2 N–H and O–H groups in total. The SMILES string of the molecule is Cc1ccc(C(C)NC(=S)Nc2ccc(Cl)c(Cl)c2)cc1C. The molecule has 0 saturated heterocycles. The molecule has 0 aromatic heterocycles. The molecule has 0 aliphatic rings. The number of hydrogen-bond acceptors (Lipinski definition) is 1. The molecular weight excluding hydrogens is 335 g/mol. The number of hydrogen-bond donors (Lipinski definition) is 2. The van der Waals surface area contributed by atoms with Crippen LogP contribution in [0.25, 0.3) is 0 Å². The van der Waals surface area contributed by atoms with Crippen molar-refractivity contribution in [2.45, 2.75) is 26.8 Å². The zero-order chi connectivity index (χ0) is 16.3. The third-order valence-corrected chi connectivity index (χ3v) is 4.51. The maximum Gasteiger partial charge on any atom is 0.171 e. The van der Waals surface area contributed by atoms with Crippen LogP contribution in [-0.4, -0.2) is 5.11 Å². The highest BCUT2D eigenvalue weighted by Crippen LogP contribution is 2.25. The van der Waals surface area contributed by atoms with Gasteiger partial charge in [-0.2, -0.15) is 0 Å². The molecule has 0 spiro atoms. The van der Waals surface area contributed by atoms with Crippen LogP contribution >= 0.6 is 35.4 Å². The van der Waals surface area contributed by atoms with Crippen molar-refractivity contribution in [3.63, 3.8) is 0 Å². The lowest BCUT2D eigenvalue weighted by Gasteiger charge is -2.18. The number of anilines is 1. The maximum absolute atomic E-state index is 6.00. The second-order valence-electron chi connectivity index (χ2n) is 5.29. The molecule has 2 aromatic rings. The van der Waals surface area contributed by atoms with E-state index in [-0.39, 0.29) is 6.04 Å². The van der Waals surface area contributed by atoms with Crippen LogP contribution in [0, 0.1) is 13.8 Å². The molecule has 0 amide bonds. The van der Waals surface area contributed by atoms with E-state index >= 15 is 0 Å². The lowest BCUT2D eigenvalue weighted by atomic mass is 10.0. The van der Waals surface area contributed by atoms with Gasteiger partial charge >= 0.3 is 0 Å². The summed E-state index contributed by atoms with van der Waals surface area (Å²) in [6, 6.07) is 11.8. The van der Waals surface area contributed by atoms with Crippen molar-refractivity contribution in [3.05, 3.63) is 63.1 Å². The van der Waals surface area contributed by atoms with Crippen molar-refractivity contribution in [2.24, 2.45) is 0 Å². The van der Waals surface area contributed by atoms with Gasteiger partial charge in [0.25, 0.3) is 0 Å². The molecule has 0 heterocycles. The first-order valence-corrected chi connectivity index (χ1v) is 8.13. The molecule has 0 radical (unpaired) electrons. The Morgan fingerprint density at radius 1 is 1.00 bits per heavy atom. The van der Waals surface area contributed by atoms with Crippen LogP contribution < -0.4 is 10.6 Å². The predicted octanol–water partition coefficient (Wildman–Crippen LogP) is 5.66. The van der Waals surface area contributed by atoms with Gasteiger partial charge in [0, 0.05) is 5.69 Å². The van der Waals surface area contributed by atoms with Crippen LogP contribution in [0.1, 0.15) is 29.7 Å². The van der Waals surface area contributed by atoms with E-state index < -0.39 is 0 Å².